The highest BCUT2D eigenvalue weighted by Crippen LogP contribution is 2.27. The third-order valence-electron chi connectivity index (χ3n) is 4.04. The predicted molar refractivity (Wildman–Crippen MR) is 96.2 cm³/mol. The number of nitrogens with one attached hydrogen (secondary N) is 2. The van der Waals surface area contributed by atoms with Gasteiger partial charge in [-0.3, -0.25) is 25.1 Å². The van der Waals surface area contributed by atoms with E-state index in [1.807, 2.05) is 27.8 Å². The van der Waals surface area contributed by atoms with Gasteiger partial charge < -0.3 is 9.47 Å². The number of benzene rings is 1. The molecular weight excluding hydrogens is 336 g/mol. The van der Waals surface area contributed by atoms with Crippen LogP contribution in [0.5, 0.6) is 11.5 Å². The van der Waals surface area contributed by atoms with Crippen LogP contribution < -0.4 is 20.3 Å². The zero-order chi connectivity index (χ0) is 19.3. The standard InChI is InChI=1S/C18H24N4O4/c1-6-26-15-8-7-13(9-16(15)25-5)18(24)20-19-17(23)10-14-11(2)21-22(4)12(14)3/h7-9H,6,10H2,1-5H3,(H,19,23)(H,20,24). The van der Waals surface area contributed by atoms with E-state index < -0.39 is 5.91 Å². The topological polar surface area (TPSA) is 94.5 Å². The zero-order valence-electron chi connectivity index (χ0n) is 15.7. The Morgan fingerprint density at radius 3 is 2.50 bits per heavy atom. The van der Waals surface area contributed by atoms with Gasteiger partial charge in [0.25, 0.3) is 5.91 Å². The molecule has 8 nitrogen and oxygen atoms in total. The summed E-state index contributed by atoms with van der Waals surface area (Å²) in [5, 5.41) is 4.27. The number of hydrazine groups is 1. The minimum absolute atomic E-state index is 0.137. The lowest BCUT2D eigenvalue weighted by atomic mass is 10.1. The lowest BCUT2D eigenvalue weighted by Gasteiger charge is -2.11. The molecule has 140 valence electrons. The Bertz CT molecular complexity index is 814. The van der Waals surface area contributed by atoms with Gasteiger partial charge in [0.05, 0.1) is 25.8 Å². The van der Waals surface area contributed by atoms with Gasteiger partial charge in [0.15, 0.2) is 11.5 Å². The molecule has 8 heteroatoms. The van der Waals surface area contributed by atoms with Crippen LogP contribution in [0.25, 0.3) is 0 Å². The molecule has 0 atom stereocenters. The van der Waals surface area contributed by atoms with Crippen molar-refractivity contribution in [2.45, 2.75) is 27.2 Å². The highest BCUT2D eigenvalue weighted by molar-refractivity contribution is 5.96. The Hall–Kier alpha value is -3.03. The molecule has 2 N–H and O–H groups in total. The molecule has 0 aliphatic rings. The smallest absolute Gasteiger partial charge is 0.269 e. The van der Waals surface area contributed by atoms with E-state index in [-0.39, 0.29) is 12.3 Å². The van der Waals surface area contributed by atoms with Gasteiger partial charge in [-0.05, 0) is 39.0 Å². The maximum Gasteiger partial charge on any atom is 0.269 e. The third kappa shape index (κ3) is 4.33. The summed E-state index contributed by atoms with van der Waals surface area (Å²) in [6, 6.07) is 4.81. The van der Waals surface area contributed by atoms with Crippen molar-refractivity contribution in [1.82, 2.24) is 20.6 Å². The van der Waals surface area contributed by atoms with Crippen molar-refractivity contribution in [3.05, 3.63) is 40.7 Å². The van der Waals surface area contributed by atoms with Gasteiger partial charge in [0, 0.05) is 23.9 Å². The van der Waals surface area contributed by atoms with Crippen molar-refractivity contribution in [2.24, 2.45) is 7.05 Å². The number of carbonyl (C=O) groups is 2. The molecule has 1 heterocycles. The van der Waals surface area contributed by atoms with Crippen LogP contribution in [0.1, 0.15) is 34.2 Å². The monoisotopic (exact) mass is 360 g/mol. The summed E-state index contributed by atoms with van der Waals surface area (Å²) in [4.78, 5) is 24.4. The number of methoxy groups -OCH3 is 1. The lowest BCUT2D eigenvalue weighted by Crippen LogP contribution is -2.42. The third-order valence-corrected chi connectivity index (χ3v) is 4.04. The first-order valence-corrected chi connectivity index (χ1v) is 8.26. The van der Waals surface area contributed by atoms with Crippen LogP contribution in [-0.2, 0) is 18.3 Å². The molecule has 0 spiro atoms. The summed E-state index contributed by atoms with van der Waals surface area (Å²) in [6.07, 6.45) is 0.137. The van der Waals surface area contributed by atoms with Crippen LogP contribution in [0, 0.1) is 13.8 Å². The van der Waals surface area contributed by atoms with Crippen molar-refractivity contribution in [1.29, 1.82) is 0 Å². The van der Waals surface area contributed by atoms with E-state index >= 15 is 0 Å². The van der Waals surface area contributed by atoms with Crippen molar-refractivity contribution >= 4 is 11.8 Å². The summed E-state index contributed by atoms with van der Waals surface area (Å²) in [7, 11) is 3.32. The minimum Gasteiger partial charge on any atom is -0.493 e. The van der Waals surface area contributed by atoms with Gasteiger partial charge in [-0.2, -0.15) is 5.10 Å². The van der Waals surface area contributed by atoms with Crippen LogP contribution >= 0.6 is 0 Å². The number of amides is 2. The molecule has 0 saturated heterocycles. The number of rotatable bonds is 6. The molecule has 0 fully saturated rings. The summed E-state index contributed by atoms with van der Waals surface area (Å²) in [6.45, 7) is 6.10. The average Bonchev–Trinajstić information content (AvgIpc) is 2.86. The molecular formula is C18H24N4O4. The number of hydrogen-bond donors (Lipinski definition) is 2. The quantitative estimate of drug-likeness (QED) is 0.761. The van der Waals surface area contributed by atoms with Crippen LogP contribution in [0.4, 0.5) is 0 Å². The number of aromatic nitrogens is 2. The molecule has 26 heavy (non-hydrogen) atoms. The molecule has 1 aromatic carbocycles. The molecule has 0 unspecified atom stereocenters. The van der Waals surface area contributed by atoms with E-state index in [2.05, 4.69) is 16.0 Å². The highest BCUT2D eigenvalue weighted by Gasteiger charge is 2.15. The maximum absolute atomic E-state index is 12.2. The second-order valence-corrected chi connectivity index (χ2v) is 5.75. The Kier molecular flexibility index (Phi) is 6.21. The maximum atomic E-state index is 12.2. The number of nitrogens with zero attached hydrogens (tertiary/aromatic N) is 2. The summed E-state index contributed by atoms with van der Waals surface area (Å²) in [5.74, 6) is 0.236. The molecule has 0 bridgehead atoms. The van der Waals surface area contributed by atoms with Gasteiger partial charge in [-0.15, -0.1) is 0 Å². The number of hydrogen-bond acceptors (Lipinski definition) is 5. The Balaban J connectivity index is 1.98. The second kappa shape index (κ2) is 8.37. The molecule has 0 aliphatic heterocycles. The summed E-state index contributed by atoms with van der Waals surface area (Å²) < 4.78 is 12.4. The van der Waals surface area contributed by atoms with Crippen molar-refractivity contribution in [2.75, 3.05) is 13.7 Å². The van der Waals surface area contributed by atoms with Crippen LogP contribution in [0.3, 0.4) is 0 Å². The fourth-order valence-electron chi connectivity index (χ4n) is 2.56. The fourth-order valence-corrected chi connectivity index (χ4v) is 2.56. The van der Waals surface area contributed by atoms with Crippen LogP contribution in [0.2, 0.25) is 0 Å². The summed E-state index contributed by atoms with van der Waals surface area (Å²) in [5.41, 5.74) is 7.73. The van der Waals surface area contributed by atoms with Crippen molar-refractivity contribution < 1.29 is 19.1 Å². The molecule has 0 radical (unpaired) electrons. The Morgan fingerprint density at radius 1 is 1.19 bits per heavy atom. The van der Waals surface area contributed by atoms with Gasteiger partial charge in [-0.25, -0.2) is 0 Å². The van der Waals surface area contributed by atoms with E-state index in [4.69, 9.17) is 9.47 Å². The molecule has 2 amide bonds. The van der Waals surface area contributed by atoms with E-state index in [1.165, 1.54) is 7.11 Å². The first-order chi connectivity index (χ1) is 12.4. The average molecular weight is 360 g/mol. The fraction of sp³-hybridized carbons (Fsp3) is 0.389. The van der Waals surface area contributed by atoms with Crippen molar-refractivity contribution in [3.63, 3.8) is 0 Å². The minimum atomic E-state index is -0.445. The van der Waals surface area contributed by atoms with Crippen LogP contribution in [-0.4, -0.2) is 35.3 Å². The first kappa shape index (κ1) is 19.3. The van der Waals surface area contributed by atoms with E-state index in [9.17, 15) is 9.59 Å². The number of ether oxygens (including phenoxy) is 2. The van der Waals surface area contributed by atoms with Gasteiger partial charge in [-0.1, -0.05) is 0 Å². The molecule has 2 aromatic rings. The Morgan fingerprint density at radius 2 is 1.92 bits per heavy atom. The summed E-state index contributed by atoms with van der Waals surface area (Å²) >= 11 is 0. The first-order valence-electron chi connectivity index (χ1n) is 8.26. The van der Waals surface area contributed by atoms with Crippen molar-refractivity contribution in [3.8, 4) is 11.5 Å². The second-order valence-electron chi connectivity index (χ2n) is 5.75. The zero-order valence-corrected chi connectivity index (χ0v) is 15.7. The largest absolute Gasteiger partial charge is 0.493 e. The van der Waals surface area contributed by atoms with E-state index in [1.54, 1.807) is 22.9 Å². The molecule has 2 rings (SSSR count). The molecule has 0 aliphatic carbocycles. The number of aryl methyl sites for hydroxylation is 2. The van der Waals surface area contributed by atoms with E-state index in [0.29, 0.717) is 23.7 Å². The van der Waals surface area contributed by atoms with Gasteiger partial charge in [0.1, 0.15) is 0 Å². The predicted octanol–water partition coefficient (Wildman–Crippen LogP) is 1.45. The van der Waals surface area contributed by atoms with E-state index in [0.717, 1.165) is 17.0 Å². The Labute approximate surface area is 152 Å². The number of carbonyl (C=O) groups excluding carboxylic acids is 2. The molecule has 0 saturated carbocycles. The highest BCUT2D eigenvalue weighted by atomic mass is 16.5. The normalized spacial score (nSPS) is 10.3. The van der Waals surface area contributed by atoms with Crippen LogP contribution in [0.15, 0.2) is 18.2 Å². The SMILES string of the molecule is CCOc1ccc(C(=O)NNC(=O)Cc2c(C)nn(C)c2C)cc1OC. The van der Waals surface area contributed by atoms with Gasteiger partial charge >= 0.3 is 0 Å². The van der Waals surface area contributed by atoms with Gasteiger partial charge in [0.2, 0.25) is 5.91 Å². The lowest BCUT2D eigenvalue weighted by molar-refractivity contribution is -0.121. The molecule has 1 aromatic heterocycles.